The van der Waals surface area contributed by atoms with E-state index in [9.17, 15) is 9.90 Å². The van der Waals surface area contributed by atoms with Gasteiger partial charge in [-0.15, -0.1) is 0 Å². The molecule has 118 valence electrons. The number of nitrogens with one attached hydrogen (secondary N) is 2. The third-order valence-electron chi connectivity index (χ3n) is 3.22. The second-order valence-electron chi connectivity index (χ2n) is 4.84. The van der Waals surface area contributed by atoms with Gasteiger partial charge in [0.05, 0.1) is 23.3 Å². The van der Waals surface area contributed by atoms with E-state index in [1.54, 1.807) is 30.3 Å². The predicted molar refractivity (Wildman–Crippen MR) is 90.5 cm³/mol. The molecule has 0 unspecified atom stereocenters. The molecule has 0 aliphatic rings. The Hall–Kier alpha value is -2.73. The van der Waals surface area contributed by atoms with Crippen molar-refractivity contribution in [1.82, 2.24) is 9.97 Å². The summed E-state index contributed by atoms with van der Waals surface area (Å²) in [6, 6.07) is 8.39. The highest BCUT2D eigenvalue weighted by Crippen LogP contribution is 2.33. The van der Waals surface area contributed by atoms with Crippen molar-refractivity contribution in [3.63, 3.8) is 0 Å². The Kier molecular flexibility index (Phi) is 4.08. The summed E-state index contributed by atoms with van der Waals surface area (Å²) in [7, 11) is 0. The number of nitrogens with zero attached hydrogens (tertiary/aromatic N) is 1. The molecule has 23 heavy (non-hydrogen) atoms. The monoisotopic (exact) mass is 331 g/mol. The summed E-state index contributed by atoms with van der Waals surface area (Å²) < 4.78 is 5.33. The van der Waals surface area contributed by atoms with E-state index in [2.05, 4.69) is 15.0 Å². The quantitative estimate of drug-likeness (QED) is 0.640. The molecule has 0 saturated carbocycles. The van der Waals surface area contributed by atoms with E-state index in [0.717, 1.165) is 0 Å². The lowest BCUT2D eigenvalue weighted by Gasteiger charge is -2.08. The van der Waals surface area contributed by atoms with E-state index in [1.165, 1.54) is 6.21 Å². The fourth-order valence-corrected chi connectivity index (χ4v) is 2.42. The first kappa shape index (κ1) is 15.2. The zero-order valence-electron chi connectivity index (χ0n) is 12.3. The van der Waals surface area contributed by atoms with Crippen LogP contribution in [0.3, 0.4) is 0 Å². The zero-order valence-corrected chi connectivity index (χ0v) is 13.0. The lowest BCUT2D eigenvalue weighted by molar-refractivity contribution is 0.318. The highest BCUT2D eigenvalue weighted by Gasteiger charge is 2.09. The number of benzene rings is 2. The first-order chi connectivity index (χ1) is 11.1. The van der Waals surface area contributed by atoms with Crippen LogP contribution in [0.1, 0.15) is 12.5 Å². The van der Waals surface area contributed by atoms with E-state index < -0.39 is 0 Å². The van der Waals surface area contributed by atoms with Gasteiger partial charge in [0.15, 0.2) is 11.5 Å². The van der Waals surface area contributed by atoms with Crippen molar-refractivity contribution in [2.75, 3.05) is 6.61 Å². The number of aromatic hydroxyl groups is 1. The molecule has 0 aliphatic heterocycles. The molecule has 0 atom stereocenters. The number of aromatic nitrogens is 2. The van der Waals surface area contributed by atoms with E-state index in [0.29, 0.717) is 39.7 Å². The topological polar surface area (TPSA) is 90.5 Å². The molecule has 0 fully saturated rings. The van der Waals surface area contributed by atoms with Crippen LogP contribution in [0.15, 0.2) is 40.1 Å². The number of ether oxygens (including phenoxy) is 1. The lowest BCUT2D eigenvalue weighted by Crippen LogP contribution is -1.99. The van der Waals surface area contributed by atoms with Crippen LogP contribution < -0.4 is 10.4 Å². The van der Waals surface area contributed by atoms with E-state index in [1.807, 2.05) is 6.92 Å². The minimum absolute atomic E-state index is 0.0175. The highest BCUT2D eigenvalue weighted by atomic mass is 35.5. The van der Waals surface area contributed by atoms with Crippen LogP contribution >= 0.6 is 11.6 Å². The Balaban J connectivity index is 1.96. The largest absolute Gasteiger partial charge is 0.504 e. The molecule has 0 saturated heterocycles. The lowest BCUT2D eigenvalue weighted by atomic mass is 10.2. The number of H-pyrrole nitrogens is 2. The molecular formula is C16H14ClN3O3. The van der Waals surface area contributed by atoms with Gasteiger partial charge < -0.3 is 19.8 Å². The Morgan fingerprint density at radius 1 is 1.26 bits per heavy atom. The number of phenols is 1. The van der Waals surface area contributed by atoms with Gasteiger partial charge in [0, 0.05) is 22.9 Å². The second kappa shape index (κ2) is 6.18. The van der Waals surface area contributed by atoms with Gasteiger partial charge in [-0.1, -0.05) is 11.6 Å². The van der Waals surface area contributed by atoms with Gasteiger partial charge in [0.2, 0.25) is 0 Å². The van der Waals surface area contributed by atoms with Crippen LogP contribution in [0, 0.1) is 0 Å². The summed E-state index contributed by atoms with van der Waals surface area (Å²) in [4.78, 5) is 20.9. The maximum Gasteiger partial charge on any atom is 0.323 e. The van der Waals surface area contributed by atoms with Crippen molar-refractivity contribution in [2.45, 2.75) is 6.92 Å². The average molecular weight is 332 g/mol. The number of aliphatic imine (C=N–C) groups is 1. The molecule has 1 heterocycles. The van der Waals surface area contributed by atoms with Crippen LogP contribution in [0.25, 0.3) is 11.0 Å². The summed E-state index contributed by atoms with van der Waals surface area (Å²) in [6.07, 6.45) is 1.50. The fraction of sp³-hybridized carbons (Fsp3) is 0.125. The Bertz CT molecular complexity index is 943. The SMILES string of the molecule is CCOc1cc(Cl)cc(C=Nc2ccc3[nH]c(=O)[nH]c3c2)c1O. The van der Waals surface area contributed by atoms with E-state index >= 15 is 0 Å². The number of rotatable bonds is 4. The number of halogens is 1. The maximum atomic E-state index is 11.2. The molecule has 6 nitrogen and oxygen atoms in total. The molecule has 2 aromatic carbocycles. The molecule has 3 N–H and O–H groups in total. The normalized spacial score (nSPS) is 11.4. The number of phenolic OH excluding ortho intramolecular Hbond substituents is 1. The van der Waals surface area contributed by atoms with Crippen molar-refractivity contribution >= 4 is 34.5 Å². The summed E-state index contributed by atoms with van der Waals surface area (Å²) in [5, 5.41) is 10.6. The van der Waals surface area contributed by atoms with Crippen LogP contribution in [-0.2, 0) is 0 Å². The van der Waals surface area contributed by atoms with Crippen LogP contribution in [0.5, 0.6) is 11.5 Å². The van der Waals surface area contributed by atoms with E-state index in [-0.39, 0.29) is 11.4 Å². The summed E-state index contributed by atoms with van der Waals surface area (Å²) >= 11 is 6.02. The van der Waals surface area contributed by atoms with Crippen molar-refractivity contribution in [3.05, 3.63) is 51.4 Å². The van der Waals surface area contributed by atoms with Crippen LogP contribution in [0.2, 0.25) is 5.02 Å². The number of imidazole rings is 1. The molecule has 0 aliphatic carbocycles. The minimum atomic E-state index is -0.269. The first-order valence-corrected chi connectivity index (χ1v) is 7.36. The molecule has 0 spiro atoms. The number of aromatic amines is 2. The number of fused-ring (bicyclic) bond motifs is 1. The van der Waals surface area contributed by atoms with Gasteiger partial charge >= 0.3 is 5.69 Å². The Morgan fingerprint density at radius 3 is 2.83 bits per heavy atom. The molecular weight excluding hydrogens is 318 g/mol. The number of hydrogen-bond acceptors (Lipinski definition) is 4. The molecule has 3 aromatic rings. The third-order valence-corrected chi connectivity index (χ3v) is 3.44. The standard InChI is InChI=1S/C16H14ClN3O3/c1-2-23-14-6-10(17)5-9(15(14)21)8-18-11-3-4-12-13(7-11)20-16(22)19-12/h3-8,21H,2H2,1H3,(H2,19,20,22). The smallest absolute Gasteiger partial charge is 0.323 e. The summed E-state index contributed by atoms with van der Waals surface area (Å²) in [5.74, 6) is 0.294. The van der Waals surface area contributed by atoms with Crippen molar-refractivity contribution in [2.24, 2.45) is 4.99 Å². The molecule has 3 rings (SSSR count). The molecule has 0 radical (unpaired) electrons. The first-order valence-electron chi connectivity index (χ1n) is 6.98. The summed E-state index contributed by atoms with van der Waals surface area (Å²) in [5.41, 5.74) is 2.18. The molecule has 7 heteroatoms. The van der Waals surface area contributed by atoms with Gasteiger partial charge in [-0.3, -0.25) is 4.99 Å². The van der Waals surface area contributed by atoms with Crippen molar-refractivity contribution < 1.29 is 9.84 Å². The van der Waals surface area contributed by atoms with Crippen molar-refractivity contribution in [3.8, 4) is 11.5 Å². The van der Waals surface area contributed by atoms with Gasteiger partial charge in [-0.05, 0) is 31.2 Å². The number of hydrogen-bond donors (Lipinski definition) is 3. The average Bonchev–Trinajstić information content (AvgIpc) is 2.88. The zero-order chi connectivity index (χ0) is 16.4. The van der Waals surface area contributed by atoms with Gasteiger partial charge in [0.1, 0.15) is 0 Å². The van der Waals surface area contributed by atoms with Gasteiger partial charge in [-0.25, -0.2) is 4.79 Å². The van der Waals surface area contributed by atoms with Crippen molar-refractivity contribution in [1.29, 1.82) is 0 Å². The Labute approximate surface area is 136 Å². The van der Waals surface area contributed by atoms with Gasteiger partial charge in [-0.2, -0.15) is 0 Å². The summed E-state index contributed by atoms with van der Waals surface area (Å²) in [6.45, 7) is 2.24. The van der Waals surface area contributed by atoms with Crippen LogP contribution in [0.4, 0.5) is 5.69 Å². The molecule has 0 amide bonds. The van der Waals surface area contributed by atoms with E-state index in [4.69, 9.17) is 16.3 Å². The fourth-order valence-electron chi connectivity index (χ4n) is 2.20. The van der Waals surface area contributed by atoms with Gasteiger partial charge in [0.25, 0.3) is 0 Å². The third kappa shape index (κ3) is 3.22. The maximum absolute atomic E-state index is 11.2. The second-order valence-corrected chi connectivity index (χ2v) is 5.28. The minimum Gasteiger partial charge on any atom is -0.504 e. The predicted octanol–water partition coefficient (Wildman–Crippen LogP) is 3.36. The highest BCUT2D eigenvalue weighted by molar-refractivity contribution is 6.31. The Morgan fingerprint density at radius 2 is 2.04 bits per heavy atom. The molecule has 0 bridgehead atoms. The van der Waals surface area contributed by atoms with Crippen LogP contribution in [-0.4, -0.2) is 27.9 Å². The molecule has 1 aromatic heterocycles.